The van der Waals surface area contributed by atoms with Crippen molar-refractivity contribution in [3.05, 3.63) is 48.3 Å². The molecule has 0 aliphatic carbocycles. The highest BCUT2D eigenvalue weighted by molar-refractivity contribution is 7.92. The minimum atomic E-state index is -3.92. The molecule has 1 N–H and O–H groups in total. The van der Waals surface area contributed by atoms with Crippen molar-refractivity contribution in [1.29, 1.82) is 0 Å². The van der Waals surface area contributed by atoms with E-state index in [2.05, 4.69) is 9.71 Å². The van der Waals surface area contributed by atoms with Gasteiger partial charge in [0.05, 0.1) is 18.6 Å². The number of nitrogens with zero attached hydrogens (tertiary/aromatic N) is 2. The summed E-state index contributed by atoms with van der Waals surface area (Å²) in [5.74, 6) is 0.201. The maximum absolute atomic E-state index is 12.8. The van der Waals surface area contributed by atoms with E-state index in [0.29, 0.717) is 24.2 Å². The molecule has 1 aliphatic heterocycles. The van der Waals surface area contributed by atoms with Gasteiger partial charge in [-0.25, -0.2) is 21.6 Å². The number of sulfonamides is 2. The lowest BCUT2D eigenvalue weighted by Gasteiger charge is -2.28. The number of hydrogen-bond donors (Lipinski definition) is 1. The molecule has 0 saturated carbocycles. The lowest BCUT2D eigenvalue weighted by atomic mass is 10.2. The molecular weight excluding hydrogens is 390 g/mol. The van der Waals surface area contributed by atoms with Crippen molar-refractivity contribution in [2.45, 2.75) is 24.3 Å². The number of hydrogen-bond acceptors (Lipinski definition) is 6. The minimum absolute atomic E-state index is 0.0559. The summed E-state index contributed by atoms with van der Waals surface area (Å²) in [6.07, 6.45) is 4.50. The summed E-state index contributed by atoms with van der Waals surface area (Å²) in [5.41, 5.74) is 1.02. The van der Waals surface area contributed by atoms with Crippen LogP contribution in [0.25, 0.3) is 0 Å². The topological polar surface area (TPSA) is 106 Å². The smallest absolute Gasteiger partial charge is 0.244 e. The van der Waals surface area contributed by atoms with Crippen molar-refractivity contribution < 1.29 is 21.6 Å². The van der Waals surface area contributed by atoms with Crippen LogP contribution in [-0.2, 0) is 26.6 Å². The van der Waals surface area contributed by atoms with Gasteiger partial charge >= 0.3 is 0 Å². The molecule has 3 rings (SSSR count). The number of methoxy groups -OCH3 is 1. The number of anilines is 1. The second-order valence-corrected chi connectivity index (χ2v) is 9.86. The average Bonchev–Trinajstić information content (AvgIpc) is 2.66. The molecule has 0 spiro atoms. The molecule has 0 amide bonds. The molecule has 146 valence electrons. The van der Waals surface area contributed by atoms with E-state index in [-0.39, 0.29) is 22.9 Å². The molecule has 1 aromatic carbocycles. The molecule has 10 heteroatoms. The largest absolute Gasteiger partial charge is 0.495 e. The van der Waals surface area contributed by atoms with Crippen LogP contribution in [0, 0.1) is 0 Å². The number of benzene rings is 1. The predicted molar refractivity (Wildman–Crippen MR) is 102 cm³/mol. The number of ether oxygens (including phenoxy) is 1. The lowest BCUT2D eigenvalue weighted by Crippen LogP contribution is -2.38. The molecule has 1 fully saturated rings. The first kappa shape index (κ1) is 19.6. The Labute approximate surface area is 159 Å². The Morgan fingerprint density at radius 3 is 2.74 bits per heavy atom. The van der Waals surface area contributed by atoms with Gasteiger partial charge in [0.15, 0.2) is 0 Å². The van der Waals surface area contributed by atoms with Gasteiger partial charge in [-0.05, 0) is 42.7 Å². The fourth-order valence-electron chi connectivity index (χ4n) is 2.87. The van der Waals surface area contributed by atoms with Crippen LogP contribution >= 0.6 is 0 Å². The van der Waals surface area contributed by atoms with Crippen molar-refractivity contribution in [1.82, 2.24) is 9.71 Å². The lowest BCUT2D eigenvalue weighted by molar-refractivity contribution is 0.402. The summed E-state index contributed by atoms with van der Waals surface area (Å²) in [6, 6.07) is 7.84. The summed E-state index contributed by atoms with van der Waals surface area (Å²) < 4.78 is 59.2. The first-order valence-corrected chi connectivity index (χ1v) is 11.5. The van der Waals surface area contributed by atoms with Gasteiger partial charge in [-0.15, -0.1) is 0 Å². The van der Waals surface area contributed by atoms with E-state index in [9.17, 15) is 16.8 Å². The molecule has 0 bridgehead atoms. The molecule has 2 heterocycles. The molecule has 0 radical (unpaired) electrons. The normalized spacial score (nSPS) is 16.9. The van der Waals surface area contributed by atoms with Crippen molar-refractivity contribution in [3.8, 4) is 5.75 Å². The van der Waals surface area contributed by atoms with E-state index in [4.69, 9.17) is 4.74 Å². The third-order valence-electron chi connectivity index (χ3n) is 4.26. The molecule has 1 aliphatic rings. The fraction of sp³-hybridized carbons (Fsp3) is 0.353. The minimum Gasteiger partial charge on any atom is -0.495 e. The van der Waals surface area contributed by atoms with E-state index in [1.807, 2.05) is 0 Å². The van der Waals surface area contributed by atoms with Crippen molar-refractivity contribution >= 4 is 25.7 Å². The Balaban J connectivity index is 1.93. The Bertz CT molecular complexity index is 1010. The van der Waals surface area contributed by atoms with Gasteiger partial charge in [-0.2, -0.15) is 0 Å². The Morgan fingerprint density at radius 1 is 1.26 bits per heavy atom. The van der Waals surface area contributed by atoms with Crippen LogP contribution in [0.3, 0.4) is 0 Å². The first-order valence-electron chi connectivity index (χ1n) is 8.40. The monoisotopic (exact) mass is 411 g/mol. The van der Waals surface area contributed by atoms with Crippen LogP contribution < -0.4 is 13.8 Å². The Hall–Kier alpha value is -2.17. The first-order chi connectivity index (χ1) is 12.8. The fourth-order valence-corrected chi connectivity index (χ4v) is 5.70. The van der Waals surface area contributed by atoms with Gasteiger partial charge in [-0.1, -0.05) is 6.07 Å². The summed E-state index contributed by atoms with van der Waals surface area (Å²) in [7, 11) is -6.00. The highest BCUT2D eigenvalue weighted by Gasteiger charge is 2.28. The zero-order valence-electron chi connectivity index (χ0n) is 14.8. The highest BCUT2D eigenvalue weighted by Crippen LogP contribution is 2.31. The third kappa shape index (κ3) is 4.40. The number of pyridine rings is 1. The molecule has 0 unspecified atom stereocenters. The summed E-state index contributed by atoms with van der Waals surface area (Å²) in [5, 5.41) is 0. The summed E-state index contributed by atoms with van der Waals surface area (Å²) >= 11 is 0. The third-order valence-corrected chi connectivity index (χ3v) is 7.56. The molecule has 8 nitrogen and oxygen atoms in total. The maximum atomic E-state index is 12.8. The SMILES string of the molecule is COc1ccc(N2CCCCS2(=O)=O)cc1S(=O)(=O)NCc1cccnc1. The second kappa shape index (κ2) is 7.83. The highest BCUT2D eigenvalue weighted by atomic mass is 32.2. The van der Waals surface area contributed by atoms with Crippen LogP contribution in [0.15, 0.2) is 47.6 Å². The van der Waals surface area contributed by atoms with Crippen LogP contribution in [-0.4, -0.2) is 41.2 Å². The van der Waals surface area contributed by atoms with Gasteiger partial charge in [0.25, 0.3) is 0 Å². The number of rotatable bonds is 6. The van der Waals surface area contributed by atoms with E-state index < -0.39 is 20.0 Å². The van der Waals surface area contributed by atoms with Gasteiger partial charge in [0, 0.05) is 25.5 Å². The quantitative estimate of drug-likeness (QED) is 0.772. The van der Waals surface area contributed by atoms with Crippen molar-refractivity contribution in [2.75, 3.05) is 23.7 Å². The zero-order valence-corrected chi connectivity index (χ0v) is 16.5. The molecular formula is C17H21N3O5S2. The molecule has 27 heavy (non-hydrogen) atoms. The van der Waals surface area contributed by atoms with Crippen LogP contribution in [0.5, 0.6) is 5.75 Å². The zero-order chi connectivity index (χ0) is 19.5. The van der Waals surface area contributed by atoms with Gasteiger partial charge in [0.1, 0.15) is 10.6 Å². The maximum Gasteiger partial charge on any atom is 0.244 e. The summed E-state index contributed by atoms with van der Waals surface area (Å²) in [4.78, 5) is 3.85. The molecule has 1 aromatic heterocycles. The van der Waals surface area contributed by atoms with E-state index in [1.165, 1.54) is 23.5 Å². The van der Waals surface area contributed by atoms with Crippen molar-refractivity contribution in [3.63, 3.8) is 0 Å². The average molecular weight is 412 g/mol. The van der Waals surface area contributed by atoms with Crippen molar-refractivity contribution in [2.24, 2.45) is 0 Å². The molecule has 2 aromatic rings. The number of nitrogens with one attached hydrogen (secondary N) is 1. The van der Waals surface area contributed by atoms with E-state index >= 15 is 0 Å². The molecule has 1 saturated heterocycles. The van der Waals surface area contributed by atoms with Crippen LogP contribution in [0.2, 0.25) is 0 Å². The molecule has 0 atom stereocenters. The van der Waals surface area contributed by atoms with Crippen LogP contribution in [0.1, 0.15) is 18.4 Å². The standard InChI is InChI=1S/C17H21N3O5S2/c1-25-16-7-6-15(20-9-2-3-10-26(20,21)22)11-17(16)27(23,24)19-13-14-5-4-8-18-12-14/h4-8,11-12,19H,2-3,9-10,13H2,1H3. The van der Waals surface area contributed by atoms with Crippen LogP contribution in [0.4, 0.5) is 5.69 Å². The predicted octanol–water partition coefficient (Wildman–Crippen LogP) is 1.50. The number of aromatic nitrogens is 1. The Kier molecular flexibility index (Phi) is 5.68. The van der Waals surface area contributed by atoms with E-state index in [1.54, 1.807) is 30.6 Å². The van der Waals surface area contributed by atoms with E-state index in [0.717, 1.165) is 6.42 Å². The Morgan fingerprint density at radius 2 is 2.07 bits per heavy atom. The van der Waals surface area contributed by atoms with Gasteiger partial charge in [0.2, 0.25) is 20.0 Å². The van der Waals surface area contributed by atoms with Gasteiger partial charge < -0.3 is 4.74 Å². The second-order valence-electron chi connectivity index (χ2n) is 6.12. The summed E-state index contributed by atoms with van der Waals surface area (Å²) in [6.45, 7) is 0.392. The van der Waals surface area contributed by atoms with Gasteiger partial charge in [-0.3, -0.25) is 9.29 Å².